The SMILES string of the molecule is CC[C@H]1CN=C(Nc2ccc(/C(C)=N\Nc3nnc(C)c(=O)[nH]3)cc2)S1. The molecular formula is C17H21N7OS. The molecule has 1 atom stereocenters. The largest absolute Gasteiger partial charge is 0.335 e. The summed E-state index contributed by atoms with van der Waals surface area (Å²) >= 11 is 1.79. The summed E-state index contributed by atoms with van der Waals surface area (Å²) in [6.45, 7) is 6.53. The summed E-state index contributed by atoms with van der Waals surface area (Å²) in [6.07, 6.45) is 1.12. The maximum absolute atomic E-state index is 11.5. The summed E-state index contributed by atoms with van der Waals surface area (Å²) in [6, 6.07) is 7.93. The van der Waals surface area contributed by atoms with E-state index in [0.717, 1.165) is 35.1 Å². The highest BCUT2D eigenvalue weighted by molar-refractivity contribution is 8.15. The van der Waals surface area contributed by atoms with Crippen molar-refractivity contribution < 1.29 is 0 Å². The molecule has 0 fully saturated rings. The Morgan fingerprint density at radius 3 is 2.77 bits per heavy atom. The van der Waals surface area contributed by atoms with E-state index in [2.05, 4.69) is 42.9 Å². The van der Waals surface area contributed by atoms with Gasteiger partial charge in [-0.3, -0.25) is 14.8 Å². The van der Waals surface area contributed by atoms with E-state index >= 15 is 0 Å². The number of thioether (sulfide) groups is 1. The predicted molar refractivity (Wildman–Crippen MR) is 107 cm³/mol. The van der Waals surface area contributed by atoms with Gasteiger partial charge in [-0.2, -0.15) is 5.10 Å². The minimum atomic E-state index is -0.288. The van der Waals surface area contributed by atoms with Gasteiger partial charge in [0.1, 0.15) is 5.69 Å². The highest BCUT2D eigenvalue weighted by Crippen LogP contribution is 2.24. The molecule has 0 amide bonds. The number of aryl methyl sites for hydroxylation is 1. The Morgan fingerprint density at radius 2 is 2.12 bits per heavy atom. The number of aromatic amines is 1. The first-order valence-corrected chi connectivity index (χ1v) is 9.25. The van der Waals surface area contributed by atoms with Gasteiger partial charge in [0.05, 0.1) is 12.3 Å². The zero-order valence-corrected chi connectivity index (χ0v) is 15.7. The molecule has 2 aromatic rings. The standard InChI is InChI=1S/C17H21N7OS/c1-4-14-9-18-17(26-14)19-13-7-5-12(6-8-13)10(2)21-23-16-20-15(25)11(3)22-24-16/h5-8,14H,4,9H2,1-3H3,(H,18,19)(H2,20,23,24,25)/b21-10-/t14-/m0/s1. The highest BCUT2D eigenvalue weighted by Gasteiger charge is 2.17. The lowest BCUT2D eigenvalue weighted by atomic mass is 10.1. The van der Waals surface area contributed by atoms with Crippen LogP contribution in [0.15, 0.2) is 39.2 Å². The van der Waals surface area contributed by atoms with Gasteiger partial charge in [0.15, 0.2) is 5.17 Å². The number of aliphatic imine (C=N–C) groups is 1. The topological polar surface area (TPSA) is 107 Å². The number of anilines is 2. The average Bonchev–Trinajstić information content (AvgIpc) is 3.10. The number of rotatable bonds is 5. The lowest BCUT2D eigenvalue weighted by Crippen LogP contribution is -2.16. The molecule has 1 aromatic carbocycles. The van der Waals surface area contributed by atoms with Gasteiger partial charge in [-0.1, -0.05) is 30.8 Å². The van der Waals surface area contributed by atoms with Crippen LogP contribution in [0.25, 0.3) is 0 Å². The van der Waals surface area contributed by atoms with Crippen LogP contribution < -0.4 is 16.3 Å². The van der Waals surface area contributed by atoms with E-state index in [1.165, 1.54) is 0 Å². The number of hydrogen-bond acceptors (Lipinski definition) is 8. The van der Waals surface area contributed by atoms with E-state index in [4.69, 9.17) is 0 Å². The van der Waals surface area contributed by atoms with Gasteiger partial charge in [0, 0.05) is 10.9 Å². The number of benzene rings is 1. The van der Waals surface area contributed by atoms with E-state index in [1.54, 1.807) is 18.7 Å². The Morgan fingerprint density at radius 1 is 1.35 bits per heavy atom. The second-order valence-corrected chi connectivity index (χ2v) is 7.18. The second kappa shape index (κ2) is 8.13. The molecule has 0 spiro atoms. The molecule has 8 nitrogen and oxygen atoms in total. The molecule has 3 N–H and O–H groups in total. The molecule has 1 aliphatic rings. The van der Waals surface area contributed by atoms with E-state index < -0.39 is 0 Å². The number of hydrazone groups is 1. The second-order valence-electron chi connectivity index (χ2n) is 5.89. The van der Waals surface area contributed by atoms with Crippen molar-refractivity contribution in [3.8, 4) is 0 Å². The fourth-order valence-electron chi connectivity index (χ4n) is 2.26. The molecule has 0 saturated carbocycles. The summed E-state index contributed by atoms with van der Waals surface area (Å²) in [5.74, 6) is 0.208. The number of aromatic nitrogens is 3. The van der Waals surface area contributed by atoms with Crippen molar-refractivity contribution in [2.45, 2.75) is 32.4 Å². The molecular weight excluding hydrogens is 350 g/mol. The van der Waals surface area contributed by atoms with Crippen molar-refractivity contribution in [3.63, 3.8) is 0 Å². The first-order chi connectivity index (χ1) is 12.5. The number of nitrogens with zero attached hydrogens (tertiary/aromatic N) is 4. The molecule has 2 heterocycles. The normalized spacial score (nSPS) is 17.1. The van der Waals surface area contributed by atoms with Crippen molar-refractivity contribution in [1.29, 1.82) is 0 Å². The van der Waals surface area contributed by atoms with Crippen molar-refractivity contribution in [3.05, 3.63) is 45.9 Å². The Bertz CT molecular complexity index is 889. The molecule has 26 heavy (non-hydrogen) atoms. The summed E-state index contributed by atoms with van der Waals surface area (Å²) in [5, 5.41) is 16.7. The maximum atomic E-state index is 11.5. The fourth-order valence-corrected chi connectivity index (χ4v) is 3.22. The number of hydrogen-bond donors (Lipinski definition) is 3. The minimum Gasteiger partial charge on any atom is -0.335 e. The molecule has 0 bridgehead atoms. The predicted octanol–water partition coefficient (Wildman–Crippen LogP) is 2.60. The van der Waals surface area contributed by atoms with Crippen LogP contribution in [0, 0.1) is 6.92 Å². The average molecular weight is 371 g/mol. The third kappa shape index (κ3) is 4.48. The van der Waals surface area contributed by atoms with Gasteiger partial charge in [-0.15, -0.1) is 10.2 Å². The van der Waals surface area contributed by atoms with E-state index in [1.807, 2.05) is 31.2 Å². The molecule has 0 radical (unpaired) electrons. The Hall–Kier alpha value is -2.68. The molecule has 3 rings (SSSR count). The van der Waals surface area contributed by atoms with Gasteiger partial charge in [0.2, 0.25) is 5.95 Å². The first kappa shape index (κ1) is 18.1. The molecule has 0 saturated heterocycles. The van der Waals surface area contributed by atoms with Crippen LogP contribution in [0.1, 0.15) is 31.5 Å². The number of nitrogens with one attached hydrogen (secondary N) is 3. The van der Waals surface area contributed by atoms with Crippen LogP contribution in [0.2, 0.25) is 0 Å². The van der Waals surface area contributed by atoms with E-state index in [9.17, 15) is 4.79 Å². The number of H-pyrrole nitrogens is 1. The lowest BCUT2D eigenvalue weighted by Gasteiger charge is -2.08. The van der Waals surface area contributed by atoms with Crippen molar-refractivity contribution >= 4 is 34.3 Å². The summed E-state index contributed by atoms with van der Waals surface area (Å²) in [7, 11) is 0. The smallest absolute Gasteiger partial charge is 0.274 e. The third-order valence-electron chi connectivity index (χ3n) is 3.92. The molecule has 1 aromatic heterocycles. The maximum Gasteiger partial charge on any atom is 0.274 e. The minimum absolute atomic E-state index is 0.208. The summed E-state index contributed by atoms with van der Waals surface area (Å²) in [5.41, 5.74) is 5.45. The van der Waals surface area contributed by atoms with Gasteiger partial charge < -0.3 is 5.32 Å². The first-order valence-electron chi connectivity index (χ1n) is 8.37. The van der Waals surface area contributed by atoms with E-state index in [0.29, 0.717) is 10.9 Å². The zero-order valence-electron chi connectivity index (χ0n) is 14.9. The Kier molecular flexibility index (Phi) is 5.67. The van der Waals surface area contributed by atoms with Crippen LogP contribution in [0.3, 0.4) is 0 Å². The summed E-state index contributed by atoms with van der Waals surface area (Å²) < 4.78 is 0. The van der Waals surface area contributed by atoms with Gasteiger partial charge in [-0.05, 0) is 38.0 Å². The quantitative estimate of drug-likeness (QED) is 0.551. The van der Waals surface area contributed by atoms with Crippen LogP contribution in [0.5, 0.6) is 0 Å². The molecule has 0 aliphatic carbocycles. The van der Waals surface area contributed by atoms with Crippen LogP contribution in [0.4, 0.5) is 11.6 Å². The van der Waals surface area contributed by atoms with Crippen LogP contribution in [-0.2, 0) is 0 Å². The zero-order chi connectivity index (χ0) is 18.5. The monoisotopic (exact) mass is 371 g/mol. The summed E-state index contributed by atoms with van der Waals surface area (Å²) in [4.78, 5) is 18.6. The fraction of sp³-hybridized carbons (Fsp3) is 0.353. The van der Waals surface area contributed by atoms with Crippen molar-refractivity contribution in [2.24, 2.45) is 10.1 Å². The Labute approximate surface area is 155 Å². The molecule has 9 heteroatoms. The van der Waals surface area contributed by atoms with Crippen LogP contribution >= 0.6 is 11.8 Å². The van der Waals surface area contributed by atoms with Gasteiger partial charge in [-0.25, -0.2) is 5.43 Å². The highest BCUT2D eigenvalue weighted by atomic mass is 32.2. The molecule has 0 unspecified atom stereocenters. The molecule has 136 valence electrons. The van der Waals surface area contributed by atoms with Gasteiger partial charge in [0.25, 0.3) is 5.56 Å². The van der Waals surface area contributed by atoms with Crippen molar-refractivity contribution in [2.75, 3.05) is 17.3 Å². The number of amidine groups is 1. The third-order valence-corrected chi connectivity index (χ3v) is 5.19. The van der Waals surface area contributed by atoms with Crippen molar-refractivity contribution in [1.82, 2.24) is 15.2 Å². The van der Waals surface area contributed by atoms with Gasteiger partial charge >= 0.3 is 0 Å². The Balaban J connectivity index is 1.62. The van der Waals surface area contributed by atoms with E-state index in [-0.39, 0.29) is 11.5 Å². The molecule has 1 aliphatic heterocycles. The van der Waals surface area contributed by atoms with Crippen LogP contribution in [-0.4, -0.2) is 37.9 Å². The lowest BCUT2D eigenvalue weighted by molar-refractivity contribution is 0.843.